The third kappa shape index (κ3) is 2.31. The van der Waals surface area contributed by atoms with Crippen molar-refractivity contribution in [1.29, 1.82) is 0 Å². The highest BCUT2D eigenvalue weighted by Crippen LogP contribution is 2.27. The Kier molecular flexibility index (Phi) is 3.26. The van der Waals surface area contributed by atoms with Gasteiger partial charge in [0.2, 0.25) is 0 Å². The Bertz CT molecular complexity index is 883. The molecule has 3 heterocycles. The average Bonchev–Trinajstić information content (AvgIpc) is 2.82. The summed E-state index contributed by atoms with van der Waals surface area (Å²) in [4.78, 5) is 33.7. The zero-order chi connectivity index (χ0) is 15.0. The number of fused-ring (bicyclic) bond motifs is 1. The van der Waals surface area contributed by atoms with Crippen LogP contribution in [-0.4, -0.2) is 20.4 Å². The SMILES string of the molecule is Cc1c(C(=O)Nc2ccncc2)sc2ncn(C)c(=O)c12. The van der Waals surface area contributed by atoms with Crippen LogP contribution in [0, 0.1) is 6.92 Å². The first kappa shape index (κ1) is 13.4. The van der Waals surface area contributed by atoms with Crippen molar-refractivity contribution in [2.45, 2.75) is 6.92 Å². The van der Waals surface area contributed by atoms with E-state index in [9.17, 15) is 9.59 Å². The molecule has 21 heavy (non-hydrogen) atoms. The lowest BCUT2D eigenvalue weighted by Gasteiger charge is -2.03. The summed E-state index contributed by atoms with van der Waals surface area (Å²) in [7, 11) is 1.64. The van der Waals surface area contributed by atoms with Crippen molar-refractivity contribution < 1.29 is 4.79 Å². The maximum absolute atomic E-state index is 12.3. The lowest BCUT2D eigenvalue weighted by Crippen LogP contribution is -2.17. The zero-order valence-electron chi connectivity index (χ0n) is 11.5. The van der Waals surface area contributed by atoms with Crippen LogP contribution in [0.4, 0.5) is 5.69 Å². The summed E-state index contributed by atoms with van der Waals surface area (Å²) < 4.78 is 1.41. The van der Waals surface area contributed by atoms with Crippen molar-refractivity contribution in [3.05, 3.63) is 51.6 Å². The second kappa shape index (κ2) is 5.10. The molecule has 7 heteroatoms. The summed E-state index contributed by atoms with van der Waals surface area (Å²) in [5.74, 6) is -0.247. The van der Waals surface area contributed by atoms with Gasteiger partial charge in [0.25, 0.3) is 11.5 Å². The first-order valence-electron chi connectivity index (χ1n) is 6.24. The number of aryl methyl sites for hydroxylation is 2. The molecule has 0 unspecified atom stereocenters. The van der Waals surface area contributed by atoms with Crippen LogP contribution in [-0.2, 0) is 7.05 Å². The second-order valence-corrected chi connectivity index (χ2v) is 5.59. The molecule has 0 aliphatic rings. The van der Waals surface area contributed by atoms with Gasteiger partial charge in [-0.2, -0.15) is 0 Å². The van der Waals surface area contributed by atoms with E-state index < -0.39 is 0 Å². The standard InChI is InChI=1S/C14H12N4O2S/c1-8-10-13(16-7-18(2)14(10)20)21-11(8)12(19)17-9-3-5-15-6-4-9/h3-7H,1-2H3,(H,15,17,19). The highest BCUT2D eigenvalue weighted by atomic mass is 32.1. The number of nitrogens with zero attached hydrogens (tertiary/aromatic N) is 3. The van der Waals surface area contributed by atoms with Crippen molar-refractivity contribution >= 4 is 33.1 Å². The fourth-order valence-electron chi connectivity index (χ4n) is 2.05. The van der Waals surface area contributed by atoms with E-state index in [1.54, 1.807) is 38.5 Å². The van der Waals surface area contributed by atoms with E-state index in [2.05, 4.69) is 15.3 Å². The van der Waals surface area contributed by atoms with Crippen LogP contribution >= 0.6 is 11.3 Å². The van der Waals surface area contributed by atoms with Crippen molar-refractivity contribution in [2.75, 3.05) is 5.32 Å². The quantitative estimate of drug-likeness (QED) is 0.784. The van der Waals surface area contributed by atoms with Gasteiger partial charge in [-0.15, -0.1) is 11.3 Å². The number of amides is 1. The number of rotatable bonds is 2. The smallest absolute Gasteiger partial charge is 0.266 e. The van der Waals surface area contributed by atoms with E-state index in [1.807, 2.05) is 0 Å². The number of anilines is 1. The van der Waals surface area contributed by atoms with Gasteiger partial charge in [-0.1, -0.05) is 0 Å². The first-order chi connectivity index (χ1) is 10.1. The van der Waals surface area contributed by atoms with Crippen molar-refractivity contribution in [1.82, 2.24) is 14.5 Å². The van der Waals surface area contributed by atoms with Gasteiger partial charge >= 0.3 is 0 Å². The Labute approximate surface area is 124 Å². The van der Waals surface area contributed by atoms with E-state index in [0.717, 1.165) is 0 Å². The third-order valence-corrected chi connectivity index (χ3v) is 4.35. The maximum Gasteiger partial charge on any atom is 0.266 e. The molecule has 0 saturated carbocycles. The monoisotopic (exact) mass is 300 g/mol. The molecule has 0 atom stereocenters. The summed E-state index contributed by atoms with van der Waals surface area (Å²) in [5.41, 5.74) is 1.18. The van der Waals surface area contributed by atoms with Crippen LogP contribution in [0.3, 0.4) is 0 Å². The van der Waals surface area contributed by atoms with Gasteiger partial charge in [0.15, 0.2) is 0 Å². The lowest BCUT2D eigenvalue weighted by molar-refractivity contribution is 0.103. The Balaban J connectivity index is 2.05. The van der Waals surface area contributed by atoms with Gasteiger partial charge in [0.1, 0.15) is 4.83 Å². The van der Waals surface area contributed by atoms with Crippen LogP contribution in [0.2, 0.25) is 0 Å². The molecule has 3 aromatic heterocycles. The van der Waals surface area contributed by atoms with E-state index in [1.165, 1.54) is 22.2 Å². The van der Waals surface area contributed by atoms with Gasteiger partial charge < -0.3 is 9.88 Å². The summed E-state index contributed by atoms with van der Waals surface area (Å²) in [5, 5.41) is 3.29. The average molecular weight is 300 g/mol. The Morgan fingerprint density at radius 3 is 2.76 bits per heavy atom. The van der Waals surface area contributed by atoms with Gasteiger partial charge in [0, 0.05) is 25.1 Å². The number of aromatic nitrogens is 3. The van der Waals surface area contributed by atoms with Crippen LogP contribution in [0.15, 0.2) is 35.6 Å². The minimum Gasteiger partial charge on any atom is -0.321 e. The minimum atomic E-state index is -0.247. The zero-order valence-corrected chi connectivity index (χ0v) is 12.3. The molecule has 1 N–H and O–H groups in total. The van der Waals surface area contributed by atoms with Crippen LogP contribution in [0.5, 0.6) is 0 Å². The fourth-order valence-corrected chi connectivity index (χ4v) is 3.08. The highest BCUT2D eigenvalue weighted by molar-refractivity contribution is 7.20. The molecule has 0 spiro atoms. The van der Waals surface area contributed by atoms with Gasteiger partial charge in [-0.3, -0.25) is 14.6 Å². The van der Waals surface area contributed by atoms with Crippen LogP contribution < -0.4 is 10.9 Å². The van der Waals surface area contributed by atoms with E-state index in [-0.39, 0.29) is 11.5 Å². The van der Waals surface area contributed by atoms with E-state index in [4.69, 9.17) is 0 Å². The maximum atomic E-state index is 12.3. The molecule has 3 rings (SSSR count). The minimum absolute atomic E-state index is 0.142. The summed E-state index contributed by atoms with van der Waals surface area (Å²) in [6, 6.07) is 3.41. The number of pyridine rings is 1. The Hall–Kier alpha value is -2.54. The normalized spacial score (nSPS) is 10.8. The second-order valence-electron chi connectivity index (χ2n) is 4.59. The molecular formula is C14H12N4O2S. The molecule has 6 nitrogen and oxygen atoms in total. The number of thiophene rings is 1. The fraction of sp³-hybridized carbons (Fsp3) is 0.143. The summed E-state index contributed by atoms with van der Waals surface area (Å²) >= 11 is 1.22. The lowest BCUT2D eigenvalue weighted by atomic mass is 10.2. The largest absolute Gasteiger partial charge is 0.321 e. The predicted molar refractivity (Wildman–Crippen MR) is 81.8 cm³/mol. The molecule has 1 amide bonds. The summed E-state index contributed by atoms with van der Waals surface area (Å²) in [6.07, 6.45) is 4.67. The molecule has 0 aliphatic carbocycles. The number of carbonyl (C=O) groups is 1. The van der Waals surface area contributed by atoms with Gasteiger partial charge in [-0.05, 0) is 24.6 Å². The van der Waals surface area contributed by atoms with E-state index >= 15 is 0 Å². The number of hydrogen-bond donors (Lipinski definition) is 1. The molecule has 106 valence electrons. The molecule has 0 bridgehead atoms. The molecule has 0 aliphatic heterocycles. The van der Waals surface area contributed by atoms with E-state index in [0.29, 0.717) is 26.3 Å². The van der Waals surface area contributed by atoms with Crippen molar-refractivity contribution in [2.24, 2.45) is 7.05 Å². The Morgan fingerprint density at radius 1 is 1.33 bits per heavy atom. The molecule has 3 aromatic rings. The van der Waals surface area contributed by atoms with Crippen LogP contribution in [0.25, 0.3) is 10.2 Å². The number of carbonyl (C=O) groups excluding carboxylic acids is 1. The van der Waals surface area contributed by atoms with Crippen molar-refractivity contribution in [3.63, 3.8) is 0 Å². The molecule has 0 radical (unpaired) electrons. The first-order valence-corrected chi connectivity index (χ1v) is 7.05. The van der Waals surface area contributed by atoms with Gasteiger partial charge in [0.05, 0.1) is 16.6 Å². The third-order valence-electron chi connectivity index (χ3n) is 3.16. The Morgan fingerprint density at radius 2 is 2.05 bits per heavy atom. The number of nitrogens with one attached hydrogen (secondary N) is 1. The molecule has 0 fully saturated rings. The topological polar surface area (TPSA) is 76.9 Å². The molecular weight excluding hydrogens is 288 g/mol. The number of hydrogen-bond acceptors (Lipinski definition) is 5. The van der Waals surface area contributed by atoms with Crippen molar-refractivity contribution in [3.8, 4) is 0 Å². The van der Waals surface area contributed by atoms with Crippen LogP contribution in [0.1, 0.15) is 15.2 Å². The highest BCUT2D eigenvalue weighted by Gasteiger charge is 2.19. The predicted octanol–water partition coefficient (Wildman–Crippen LogP) is 1.95. The molecule has 0 aromatic carbocycles. The summed E-state index contributed by atoms with van der Waals surface area (Å²) in [6.45, 7) is 1.77. The van der Waals surface area contributed by atoms with Gasteiger partial charge in [-0.25, -0.2) is 4.98 Å². The molecule has 0 saturated heterocycles.